The van der Waals surface area contributed by atoms with E-state index in [-0.39, 0.29) is 6.73 Å². The second kappa shape index (κ2) is 4.93. The molecule has 1 aliphatic rings. The Morgan fingerprint density at radius 2 is 2.13 bits per heavy atom. The molecule has 0 radical (unpaired) electrons. The molecule has 0 bridgehead atoms. The molecule has 0 aromatic heterocycles. The quantitative estimate of drug-likeness (QED) is 0.562. The average molecular weight is 238 g/mol. The van der Waals surface area contributed by atoms with Crippen molar-refractivity contribution in [3.63, 3.8) is 0 Å². The second-order valence-corrected chi connectivity index (χ2v) is 5.45. The Morgan fingerprint density at radius 3 is 2.60 bits per heavy atom. The van der Waals surface area contributed by atoms with Gasteiger partial charge in [0.25, 0.3) is 0 Å². The van der Waals surface area contributed by atoms with E-state index in [1.54, 1.807) is 0 Å². The van der Waals surface area contributed by atoms with E-state index in [9.17, 15) is 4.57 Å². The van der Waals surface area contributed by atoms with Crippen LogP contribution in [0.4, 0.5) is 0 Å². The Labute approximate surface area is 90.9 Å². The maximum Gasteiger partial charge on any atom is 0.474 e. The van der Waals surface area contributed by atoms with Gasteiger partial charge in [-0.15, -0.1) is 0 Å². The van der Waals surface area contributed by atoms with Gasteiger partial charge < -0.3 is 9.79 Å². The minimum absolute atomic E-state index is 0.138. The monoisotopic (exact) mass is 238 g/mol. The van der Waals surface area contributed by atoms with Gasteiger partial charge in [0.05, 0.1) is 19.1 Å². The first kappa shape index (κ1) is 13.1. The number of nitrogens with zero attached hydrogens (tertiary/aromatic N) is 1. The third-order valence-corrected chi connectivity index (χ3v) is 3.95. The summed E-state index contributed by atoms with van der Waals surface area (Å²) in [5.41, 5.74) is 0. The van der Waals surface area contributed by atoms with E-state index < -0.39 is 7.82 Å². The summed E-state index contributed by atoms with van der Waals surface area (Å²) in [5, 5.41) is 0. The molecule has 0 amide bonds. The van der Waals surface area contributed by atoms with Gasteiger partial charge in [0.15, 0.2) is 6.73 Å². The van der Waals surface area contributed by atoms with Gasteiger partial charge in [0.1, 0.15) is 0 Å². The Kier molecular flexibility index (Phi) is 4.32. The maximum absolute atomic E-state index is 10.7. The first-order valence-corrected chi connectivity index (χ1v) is 7.02. The minimum Gasteiger partial charge on any atom is -0.303 e. The number of hydrogen-bond acceptors (Lipinski definition) is 2. The molecule has 2 unspecified atom stereocenters. The molecule has 2 N–H and O–H groups in total. The van der Waals surface area contributed by atoms with Gasteiger partial charge in [-0.05, 0) is 13.3 Å². The lowest BCUT2D eigenvalue weighted by atomic mass is 10.1. The van der Waals surface area contributed by atoms with E-state index in [1.165, 1.54) is 0 Å². The van der Waals surface area contributed by atoms with E-state index in [0.29, 0.717) is 10.5 Å². The highest BCUT2D eigenvalue weighted by Crippen LogP contribution is 2.39. The van der Waals surface area contributed by atoms with Gasteiger partial charge in [-0.25, -0.2) is 9.09 Å². The first-order valence-electron chi connectivity index (χ1n) is 5.49. The molecule has 5 nitrogen and oxygen atoms in total. The van der Waals surface area contributed by atoms with Crippen LogP contribution in [0.1, 0.15) is 33.1 Å². The molecule has 1 heterocycles. The fraction of sp³-hybridized carbons (Fsp3) is 1.00. The number of quaternary nitrogens is 1. The SMILES string of the molecule is CCC1CCC[N+]1(CC)COP(=O)(O)O. The predicted octanol–water partition coefficient (Wildman–Crippen LogP) is 1.46. The van der Waals surface area contributed by atoms with Crippen LogP contribution in [0.3, 0.4) is 0 Å². The highest BCUT2D eigenvalue weighted by molar-refractivity contribution is 7.46. The number of phosphoric ester groups is 1. The van der Waals surface area contributed by atoms with E-state index in [0.717, 1.165) is 32.4 Å². The van der Waals surface area contributed by atoms with Crippen molar-refractivity contribution in [2.24, 2.45) is 0 Å². The van der Waals surface area contributed by atoms with Crippen LogP contribution in [-0.2, 0) is 9.09 Å². The summed E-state index contributed by atoms with van der Waals surface area (Å²) in [4.78, 5) is 17.5. The second-order valence-electron chi connectivity index (χ2n) is 4.21. The zero-order chi connectivity index (χ0) is 11.5. The van der Waals surface area contributed by atoms with Crippen molar-refractivity contribution in [2.75, 3.05) is 19.8 Å². The molecule has 90 valence electrons. The Morgan fingerprint density at radius 1 is 1.47 bits per heavy atom. The lowest BCUT2D eigenvalue weighted by Gasteiger charge is -2.38. The van der Waals surface area contributed by atoms with Crippen LogP contribution < -0.4 is 0 Å². The molecular formula is C9H21NO4P+. The topological polar surface area (TPSA) is 66.8 Å². The fourth-order valence-electron chi connectivity index (χ4n) is 2.56. The van der Waals surface area contributed by atoms with E-state index in [1.807, 2.05) is 0 Å². The molecule has 0 saturated carbocycles. The molecule has 0 aliphatic carbocycles. The molecular weight excluding hydrogens is 217 g/mol. The Balaban J connectivity index is 2.64. The molecule has 6 heteroatoms. The van der Waals surface area contributed by atoms with E-state index in [2.05, 4.69) is 18.4 Å². The average Bonchev–Trinajstić information content (AvgIpc) is 2.57. The van der Waals surface area contributed by atoms with Gasteiger partial charge in [-0.2, -0.15) is 0 Å². The molecule has 1 fully saturated rings. The van der Waals surface area contributed by atoms with Crippen molar-refractivity contribution in [1.82, 2.24) is 0 Å². The van der Waals surface area contributed by atoms with Gasteiger partial charge in [-0.1, -0.05) is 6.92 Å². The van der Waals surface area contributed by atoms with Gasteiger partial charge in [0.2, 0.25) is 0 Å². The standard InChI is InChI=1S/C9H20NO4P/c1-3-9-6-5-7-10(9,4-2)8-14-15(11,12)13/h9H,3-8H2,1-2H3,(H-,11,12,13)/p+1. The van der Waals surface area contributed by atoms with Crippen molar-refractivity contribution in [3.05, 3.63) is 0 Å². The minimum atomic E-state index is -4.33. The smallest absolute Gasteiger partial charge is 0.303 e. The lowest BCUT2D eigenvalue weighted by molar-refractivity contribution is -0.952. The highest BCUT2D eigenvalue weighted by Gasteiger charge is 2.40. The summed E-state index contributed by atoms with van der Waals surface area (Å²) in [7, 11) is -4.33. The Hall–Kier alpha value is 0.0700. The largest absolute Gasteiger partial charge is 0.474 e. The van der Waals surface area contributed by atoms with Crippen molar-refractivity contribution in [3.8, 4) is 0 Å². The van der Waals surface area contributed by atoms with Crippen LogP contribution in [0.2, 0.25) is 0 Å². The lowest BCUT2D eigenvalue weighted by Crippen LogP contribution is -2.52. The first-order chi connectivity index (χ1) is 6.93. The van der Waals surface area contributed by atoms with E-state index >= 15 is 0 Å². The molecule has 1 saturated heterocycles. The van der Waals surface area contributed by atoms with Crippen molar-refractivity contribution in [1.29, 1.82) is 0 Å². The molecule has 2 atom stereocenters. The van der Waals surface area contributed by atoms with Crippen LogP contribution in [0.25, 0.3) is 0 Å². The third-order valence-electron chi connectivity index (χ3n) is 3.50. The number of likely N-dealkylation sites (tertiary alicyclic amines) is 1. The molecule has 0 aromatic carbocycles. The third kappa shape index (κ3) is 3.26. The number of phosphoric acid groups is 1. The van der Waals surface area contributed by atoms with Gasteiger partial charge >= 0.3 is 7.82 Å². The van der Waals surface area contributed by atoms with Crippen molar-refractivity contribution in [2.45, 2.75) is 39.2 Å². The summed E-state index contributed by atoms with van der Waals surface area (Å²) in [6.07, 6.45) is 3.30. The van der Waals surface area contributed by atoms with E-state index in [4.69, 9.17) is 9.79 Å². The van der Waals surface area contributed by atoms with Crippen LogP contribution in [0.15, 0.2) is 0 Å². The summed E-state index contributed by atoms with van der Waals surface area (Å²) in [5.74, 6) is 0. The number of hydrogen-bond donors (Lipinski definition) is 2. The predicted molar refractivity (Wildman–Crippen MR) is 57.0 cm³/mol. The van der Waals surface area contributed by atoms with Crippen LogP contribution in [-0.4, -0.2) is 40.1 Å². The summed E-state index contributed by atoms with van der Waals surface area (Å²) < 4.78 is 16.1. The summed E-state index contributed by atoms with van der Waals surface area (Å²) in [6, 6.07) is 0.488. The molecule has 1 aliphatic heterocycles. The normalized spacial score (nSPS) is 32.1. The van der Waals surface area contributed by atoms with Crippen LogP contribution in [0.5, 0.6) is 0 Å². The van der Waals surface area contributed by atoms with Gasteiger partial charge in [-0.3, -0.25) is 4.48 Å². The molecule has 15 heavy (non-hydrogen) atoms. The maximum atomic E-state index is 10.7. The zero-order valence-corrected chi connectivity index (χ0v) is 10.3. The van der Waals surface area contributed by atoms with Crippen LogP contribution in [0, 0.1) is 0 Å². The Bertz CT molecular complexity index is 254. The van der Waals surface area contributed by atoms with Crippen molar-refractivity contribution >= 4 is 7.82 Å². The molecule has 0 spiro atoms. The molecule has 0 aromatic rings. The highest BCUT2D eigenvalue weighted by atomic mass is 31.2. The van der Waals surface area contributed by atoms with Crippen LogP contribution >= 0.6 is 7.82 Å². The summed E-state index contributed by atoms with van der Waals surface area (Å²) >= 11 is 0. The van der Waals surface area contributed by atoms with Crippen molar-refractivity contribution < 1.29 is 23.4 Å². The number of rotatable bonds is 5. The molecule has 1 rings (SSSR count). The fourth-order valence-corrected chi connectivity index (χ4v) is 2.94. The zero-order valence-electron chi connectivity index (χ0n) is 9.43. The van der Waals surface area contributed by atoms with Gasteiger partial charge in [0, 0.05) is 12.8 Å². The summed E-state index contributed by atoms with van der Waals surface area (Å²) in [6.45, 7) is 6.15.